The second kappa shape index (κ2) is 9.21. The van der Waals surface area contributed by atoms with Crippen LogP contribution in [0.3, 0.4) is 0 Å². The van der Waals surface area contributed by atoms with Crippen LogP contribution in [-0.4, -0.2) is 64.7 Å². The Bertz CT molecular complexity index is 674. The zero-order valence-electron chi connectivity index (χ0n) is 18.8. The highest BCUT2D eigenvalue weighted by Crippen LogP contribution is 2.47. The normalized spacial score (nSPS) is 39.3. The second-order valence-electron chi connectivity index (χ2n) is 10.3. The molecule has 0 aromatic rings. The molecule has 5 nitrogen and oxygen atoms in total. The van der Waals surface area contributed by atoms with E-state index in [-0.39, 0.29) is 36.0 Å². The van der Waals surface area contributed by atoms with Gasteiger partial charge in [0, 0.05) is 32.0 Å². The molecular formula is C23H37F2N2O3P. The molecule has 4 rings (SSSR count). The molecule has 2 saturated carbocycles. The third-order valence-corrected chi connectivity index (χ3v) is 8.82. The Hall–Kier alpha value is -0.810. The average Bonchev–Trinajstić information content (AvgIpc) is 3.26. The molecule has 4 aliphatic rings. The minimum Gasteiger partial charge on any atom is -0.368 e. The first-order chi connectivity index (χ1) is 14.7. The molecule has 6 atom stereocenters. The van der Waals surface area contributed by atoms with Crippen molar-refractivity contribution in [3.63, 3.8) is 0 Å². The number of hydrogen-bond donors (Lipinski definition) is 0. The lowest BCUT2D eigenvalue weighted by atomic mass is 9.68. The highest BCUT2D eigenvalue weighted by atomic mass is 31.0. The van der Waals surface area contributed by atoms with Crippen molar-refractivity contribution in [2.45, 2.75) is 102 Å². The van der Waals surface area contributed by atoms with Crippen molar-refractivity contribution >= 4 is 21.1 Å². The molecule has 2 aliphatic carbocycles. The van der Waals surface area contributed by atoms with Crippen LogP contribution in [0.2, 0.25) is 0 Å². The van der Waals surface area contributed by atoms with Crippen LogP contribution in [0.5, 0.6) is 0 Å². The molecule has 176 valence electrons. The van der Waals surface area contributed by atoms with Crippen LogP contribution in [0.25, 0.3) is 0 Å². The quantitative estimate of drug-likeness (QED) is 0.600. The van der Waals surface area contributed by atoms with Crippen molar-refractivity contribution in [2.75, 3.05) is 13.2 Å². The maximum absolute atomic E-state index is 13.7. The van der Waals surface area contributed by atoms with Gasteiger partial charge in [0.05, 0.1) is 12.1 Å². The Kier molecular flexibility index (Phi) is 6.94. The number of nitrogens with zero attached hydrogens (tertiary/aromatic N) is 2. The lowest BCUT2D eigenvalue weighted by Gasteiger charge is -2.55. The van der Waals surface area contributed by atoms with E-state index in [2.05, 4.69) is 0 Å². The molecule has 0 aromatic carbocycles. The number of rotatable bonds is 3. The van der Waals surface area contributed by atoms with E-state index in [9.17, 15) is 18.4 Å². The van der Waals surface area contributed by atoms with Gasteiger partial charge in [0.2, 0.25) is 5.91 Å². The standard InChI is InChI=1S/C23H37F2N2O3P/c1-14-13-26(22(29)21-4-3-11-30-21)20-12-17(7-10-19(20)27(14)15(2)28)16-5-8-18(9-6-16)23(24,25)31/h14,16-21H,3-13,31H2,1-2H3. The highest BCUT2D eigenvalue weighted by Gasteiger charge is 2.49. The van der Waals surface area contributed by atoms with Crippen molar-refractivity contribution < 1.29 is 23.1 Å². The van der Waals surface area contributed by atoms with Gasteiger partial charge in [-0.3, -0.25) is 9.59 Å². The number of halogens is 2. The van der Waals surface area contributed by atoms with E-state index in [4.69, 9.17) is 4.74 Å². The fourth-order valence-electron chi connectivity index (χ4n) is 6.81. The van der Waals surface area contributed by atoms with Crippen LogP contribution in [0.1, 0.15) is 71.6 Å². The molecule has 31 heavy (non-hydrogen) atoms. The predicted molar refractivity (Wildman–Crippen MR) is 118 cm³/mol. The average molecular weight is 459 g/mol. The minimum absolute atomic E-state index is 0.000349. The first-order valence-corrected chi connectivity index (χ1v) is 12.6. The van der Waals surface area contributed by atoms with Crippen LogP contribution >= 0.6 is 9.24 Å². The van der Waals surface area contributed by atoms with Gasteiger partial charge in [-0.2, -0.15) is 0 Å². The fourth-order valence-corrected chi connectivity index (χ4v) is 7.15. The van der Waals surface area contributed by atoms with Gasteiger partial charge in [-0.25, -0.2) is 8.78 Å². The molecule has 0 radical (unpaired) electrons. The molecule has 2 saturated heterocycles. The van der Waals surface area contributed by atoms with Crippen molar-refractivity contribution in [2.24, 2.45) is 17.8 Å². The smallest absolute Gasteiger partial charge is 0.261 e. The molecule has 2 amide bonds. The molecule has 0 aromatic heterocycles. The maximum Gasteiger partial charge on any atom is 0.261 e. The summed E-state index contributed by atoms with van der Waals surface area (Å²) < 4.78 is 33.1. The van der Waals surface area contributed by atoms with Crippen molar-refractivity contribution in [3.8, 4) is 0 Å². The summed E-state index contributed by atoms with van der Waals surface area (Å²) in [4.78, 5) is 29.8. The van der Waals surface area contributed by atoms with E-state index in [1.165, 1.54) is 0 Å². The Morgan fingerprint density at radius 2 is 1.68 bits per heavy atom. The number of piperazine rings is 1. The summed E-state index contributed by atoms with van der Waals surface area (Å²) in [6.07, 6.45) is 6.91. The van der Waals surface area contributed by atoms with Gasteiger partial charge >= 0.3 is 0 Å². The van der Waals surface area contributed by atoms with Gasteiger partial charge in [-0.05, 0) is 76.5 Å². The lowest BCUT2D eigenvalue weighted by Crippen LogP contribution is -2.68. The van der Waals surface area contributed by atoms with Gasteiger partial charge < -0.3 is 14.5 Å². The van der Waals surface area contributed by atoms with E-state index >= 15 is 0 Å². The largest absolute Gasteiger partial charge is 0.368 e. The lowest BCUT2D eigenvalue weighted by molar-refractivity contribution is -0.160. The summed E-state index contributed by atoms with van der Waals surface area (Å²) in [7, 11) is 1.72. The zero-order chi connectivity index (χ0) is 22.3. The summed E-state index contributed by atoms with van der Waals surface area (Å²) in [6.45, 7) is 4.85. The van der Waals surface area contributed by atoms with Gasteiger partial charge in [-0.15, -0.1) is 0 Å². The number of hydrogen-bond acceptors (Lipinski definition) is 3. The molecule has 8 heteroatoms. The first kappa shape index (κ1) is 23.4. The van der Waals surface area contributed by atoms with Gasteiger partial charge in [0.15, 0.2) is 0 Å². The molecule has 0 bridgehead atoms. The molecule has 4 fully saturated rings. The predicted octanol–water partition coefficient (Wildman–Crippen LogP) is 4.06. The zero-order valence-corrected chi connectivity index (χ0v) is 19.9. The molecule has 2 heterocycles. The first-order valence-electron chi connectivity index (χ1n) is 12.0. The second-order valence-corrected chi connectivity index (χ2v) is 11.0. The molecule has 2 aliphatic heterocycles. The van der Waals surface area contributed by atoms with Gasteiger partial charge in [0.25, 0.3) is 11.6 Å². The number of fused-ring (bicyclic) bond motifs is 1. The van der Waals surface area contributed by atoms with Crippen LogP contribution in [-0.2, 0) is 14.3 Å². The van der Waals surface area contributed by atoms with Crippen LogP contribution < -0.4 is 0 Å². The summed E-state index contributed by atoms with van der Waals surface area (Å²) in [5.41, 5.74) is -2.67. The third-order valence-electron chi connectivity index (χ3n) is 8.35. The SMILES string of the molecule is CC(=O)N1C(C)CN(C(=O)C2CCCO2)C2CC(C3CCC(C(F)(F)P)CC3)CCC21. The van der Waals surface area contributed by atoms with Crippen LogP contribution in [0.15, 0.2) is 0 Å². The van der Waals surface area contributed by atoms with Crippen LogP contribution in [0, 0.1) is 17.8 Å². The Morgan fingerprint density at radius 3 is 2.26 bits per heavy atom. The van der Waals surface area contributed by atoms with E-state index in [1.54, 1.807) is 16.2 Å². The third kappa shape index (κ3) is 4.78. The van der Waals surface area contributed by atoms with Gasteiger partial charge in [0.1, 0.15) is 6.10 Å². The Labute approximate surface area is 186 Å². The van der Waals surface area contributed by atoms with Crippen molar-refractivity contribution in [1.29, 1.82) is 0 Å². The molecule has 0 spiro atoms. The van der Waals surface area contributed by atoms with Crippen LogP contribution in [0.4, 0.5) is 8.78 Å². The number of carbonyl (C=O) groups is 2. The van der Waals surface area contributed by atoms with Crippen molar-refractivity contribution in [3.05, 3.63) is 0 Å². The van der Waals surface area contributed by atoms with E-state index in [0.717, 1.165) is 44.9 Å². The fraction of sp³-hybridized carbons (Fsp3) is 0.913. The summed E-state index contributed by atoms with van der Waals surface area (Å²) in [5, 5.41) is 0. The van der Waals surface area contributed by atoms with E-state index in [1.807, 2.05) is 16.7 Å². The molecular weight excluding hydrogens is 421 g/mol. The molecule has 6 unspecified atom stereocenters. The van der Waals surface area contributed by atoms with Gasteiger partial charge in [-0.1, -0.05) is 9.24 Å². The van der Waals surface area contributed by atoms with E-state index in [0.29, 0.717) is 37.8 Å². The monoisotopic (exact) mass is 458 g/mol. The Balaban J connectivity index is 1.48. The number of ether oxygens (including phenoxy) is 1. The summed E-state index contributed by atoms with van der Waals surface area (Å²) >= 11 is 0. The molecule has 0 N–H and O–H groups in total. The maximum atomic E-state index is 13.7. The Morgan fingerprint density at radius 1 is 1.00 bits per heavy atom. The summed E-state index contributed by atoms with van der Waals surface area (Å²) in [6, 6.07) is 0.0624. The number of alkyl halides is 2. The van der Waals surface area contributed by atoms with Crippen molar-refractivity contribution in [1.82, 2.24) is 9.80 Å². The van der Waals surface area contributed by atoms with E-state index < -0.39 is 11.6 Å². The number of amides is 2. The minimum atomic E-state index is -2.67. The topological polar surface area (TPSA) is 49.9 Å². The highest BCUT2D eigenvalue weighted by molar-refractivity contribution is 7.18. The number of carbonyl (C=O) groups excluding carboxylic acids is 2. The summed E-state index contributed by atoms with van der Waals surface area (Å²) in [5.74, 6) is 0.492.